The van der Waals surface area contributed by atoms with Crippen molar-refractivity contribution in [1.29, 1.82) is 0 Å². The summed E-state index contributed by atoms with van der Waals surface area (Å²) < 4.78 is 0. The van der Waals surface area contributed by atoms with Gasteiger partial charge < -0.3 is 5.32 Å². The molecule has 0 aliphatic rings. The van der Waals surface area contributed by atoms with E-state index in [9.17, 15) is 0 Å². The maximum absolute atomic E-state index is 4.45. The zero-order valence-corrected chi connectivity index (χ0v) is 13.0. The van der Waals surface area contributed by atoms with Crippen LogP contribution < -0.4 is 5.32 Å². The lowest BCUT2D eigenvalue weighted by Gasteiger charge is -2.05. The van der Waals surface area contributed by atoms with E-state index in [1.807, 2.05) is 6.07 Å². The van der Waals surface area contributed by atoms with Gasteiger partial charge in [0.15, 0.2) is 0 Å². The van der Waals surface area contributed by atoms with Gasteiger partial charge in [-0.2, -0.15) is 5.10 Å². The molecule has 3 rings (SSSR count). The first-order chi connectivity index (χ1) is 10.2. The summed E-state index contributed by atoms with van der Waals surface area (Å²) in [6.45, 7) is 5.86. The van der Waals surface area contributed by atoms with Crippen LogP contribution in [0.3, 0.4) is 0 Å². The number of benzene rings is 1. The Balaban J connectivity index is 1.57. The standard InChI is InChI=1S/C16H18N4S/c1-11-16(21-12(2)19-11)10-17-9-13-3-5-14(6-4-13)15-7-8-18-20-15/h3-8,17H,9-10H2,1-2H3,(H,18,20). The number of aromatic nitrogens is 3. The van der Waals surface area contributed by atoms with Gasteiger partial charge in [-0.25, -0.2) is 4.98 Å². The molecule has 2 heterocycles. The molecular formula is C16H18N4S. The highest BCUT2D eigenvalue weighted by Crippen LogP contribution is 2.18. The van der Waals surface area contributed by atoms with Gasteiger partial charge in [-0.3, -0.25) is 5.10 Å². The second-order valence-corrected chi connectivity index (χ2v) is 6.30. The SMILES string of the molecule is Cc1nc(C)c(CNCc2ccc(-c3ccn[nH]3)cc2)s1. The number of nitrogens with zero attached hydrogens (tertiary/aromatic N) is 2. The summed E-state index contributed by atoms with van der Waals surface area (Å²) in [6.07, 6.45) is 1.77. The van der Waals surface area contributed by atoms with Gasteiger partial charge in [0.1, 0.15) is 0 Å². The fraction of sp³-hybridized carbons (Fsp3) is 0.250. The molecule has 21 heavy (non-hydrogen) atoms. The van der Waals surface area contributed by atoms with Crippen molar-refractivity contribution in [2.24, 2.45) is 0 Å². The molecule has 0 spiro atoms. The third-order valence-electron chi connectivity index (χ3n) is 3.38. The predicted octanol–water partition coefficient (Wildman–Crippen LogP) is 3.44. The number of thiazole rings is 1. The van der Waals surface area contributed by atoms with E-state index in [2.05, 4.69) is 58.6 Å². The number of hydrogen-bond donors (Lipinski definition) is 2. The molecular weight excluding hydrogens is 280 g/mol. The van der Waals surface area contributed by atoms with Gasteiger partial charge >= 0.3 is 0 Å². The monoisotopic (exact) mass is 298 g/mol. The predicted molar refractivity (Wildman–Crippen MR) is 86.2 cm³/mol. The normalized spacial score (nSPS) is 11.0. The first-order valence-corrected chi connectivity index (χ1v) is 7.76. The first kappa shape index (κ1) is 14.0. The summed E-state index contributed by atoms with van der Waals surface area (Å²) in [5.41, 5.74) is 4.62. The van der Waals surface area contributed by atoms with Gasteiger partial charge in [-0.05, 0) is 31.0 Å². The van der Waals surface area contributed by atoms with Crippen LogP contribution in [0.2, 0.25) is 0 Å². The van der Waals surface area contributed by atoms with E-state index in [0.717, 1.165) is 35.0 Å². The summed E-state index contributed by atoms with van der Waals surface area (Å²) in [4.78, 5) is 5.77. The van der Waals surface area contributed by atoms with E-state index >= 15 is 0 Å². The maximum atomic E-state index is 4.45. The number of H-pyrrole nitrogens is 1. The van der Waals surface area contributed by atoms with Crippen molar-refractivity contribution >= 4 is 11.3 Å². The van der Waals surface area contributed by atoms with Crippen LogP contribution >= 0.6 is 11.3 Å². The minimum atomic E-state index is 0.861. The Labute approximate surface area is 128 Å². The lowest BCUT2D eigenvalue weighted by Crippen LogP contribution is -2.12. The zero-order chi connectivity index (χ0) is 14.7. The second-order valence-electron chi connectivity index (χ2n) is 5.01. The number of aryl methyl sites for hydroxylation is 2. The molecule has 1 aromatic carbocycles. The Kier molecular flexibility index (Phi) is 4.13. The Bertz CT molecular complexity index is 698. The van der Waals surface area contributed by atoms with Crippen molar-refractivity contribution < 1.29 is 0 Å². The smallest absolute Gasteiger partial charge is 0.0900 e. The minimum Gasteiger partial charge on any atom is -0.308 e. The van der Waals surface area contributed by atoms with Crippen molar-refractivity contribution in [3.05, 3.63) is 57.7 Å². The number of nitrogens with one attached hydrogen (secondary N) is 2. The Morgan fingerprint density at radius 2 is 1.90 bits per heavy atom. The molecule has 5 heteroatoms. The maximum Gasteiger partial charge on any atom is 0.0900 e. The molecule has 0 bridgehead atoms. The molecule has 0 radical (unpaired) electrons. The average Bonchev–Trinajstić information content (AvgIpc) is 3.10. The summed E-state index contributed by atoms with van der Waals surface area (Å²) >= 11 is 1.77. The van der Waals surface area contributed by atoms with Crippen LogP contribution in [0.5, 0.6) is 0 Å². The fourth-order valence-electron chi connectivity index (χ4n) is 2.28. The molecule has 0 aliphatic carbocycles. The topological polar surface area (TPSA) is 53.6 Å². The molecule has 0 fully saturated rings. The molecule has 3 aromatic rings. The third kappa shape index (κ3) is 3.37. The molecule has 4 nitrogen and oxygen atoms in total. The van der Waals surface area contributed by atoms with Gasteiger partial charge in [-0.15, -0.1) is 11.3 Å². The quantitative estimate of drug-likeness (QED) is 0.758. The molecule has 2 N–H and O–H groups in total. The minimum absolute atomic E-state index is 0.861. The molecule has 108 valence electrons. The lowest BCUT2D eigenvalue weighted by atomic mass is 10.1. The van der Waals surface area contributed by atoms with Crippen molar-refractivity contribution in [3.8, 4) is 11.3 Å². The summed E-state index contributed by atoms with van der Waals surface area (Å²) in [5, 5.41) is 11.6. The third-order valence-corrected chi connectivity index (χ3v) is 4.45. The van der Waals surface area contributed by atoms with Gasteiger partial charge in [0.05, 0.1) is 16.4 Å². The highest BCUT2D eigenvalue weighted by atomic mass is 32.1. The molecule has 0 unspecified atom stereocenters. The average molecular weight is 298 g/mol. The molecule has 0 atom stereocenters. The van der Waals surface area contributed by atoms with Gasteiger partial charge in [0, 0.05) is 24.2 Å². The van der Waals surface area contributed by atoms with E-state index < -0.39 is 0 Å². The Morgan fingerprint density at radius 3 is 2.52 bits per heavy atom. The van der Waals surface area contributed by atoms with E-state index in [-0.39, 0.29) is 0 Å². The zero-order valence-electron chi connectivity index (χ0n) is 12.2. The number of hydrogen-bond acceptors (Lipinski definition) is 4. The number of aromatic amines is 1. The van der Waals surface area contributed by atoms with E-state index in [0.29, 0.717) is 0 Å². The van der Waals surface area contributed by atoms with Crippen LogP contribution in [0.1, 0.15) is 21.1 Å². The highest BCUT2D eigenvalue weighted by molar-refractivity contribution is 7.11. The van der Waals surface area contributed by atoms with Gasteiger partial charge in [0.2, 0.25) is 0 Å². The van der Waals surface area contributed by atoms with Crippen molar-refractivity contribution in [3.63, 3.8) is 0 Å². The largest absolute Gasteiger partial charge is 0.308 e. The van der Waals surface area contributed by atoms with Crippen LogP contribution in [-0.4, -0.2) is 15.2 Å². The molecule has 0 saturated carbocycles. The summed E-state index contributed by atoms with van der Waals surface area (Å²) in [7, 11) is 0. The van der Waals surface area contributed by atoms with Crippen molar-refractivity contribution in [2.75, 3.05) is 0 Å². The molecule has 0 saturated heterocycles. The van der Waals surface area contributed by atoms with Crippen LogP contribution in [0, 0.1) is 13.8 Å². The van der Waals surface area contributed by atoms with Crippen LogP contribution in [0.15, 0.2) is 36.5 Å². The Hall–Kier alpha value is -1.98. The molecule has 0 aliphatic heterocycles. The highest BCUT2D eigenvalue weighted by Gasteiger charge is 2.04. The summed E-state index contributed by atoms with van der Waals surface area (Å²) in [5.74, 6) is 0. The molecule has 0 amide bonds. The van der Waals surface area contributed by atoms with E-state index in [4.69, 9.17) is 0 Å². The molecule has 2 aromatic heterocycles. The lowest BCUT2D eigenvalue weighted by molar-refractivity contribution is 0.697. The van der Waals surface area contributed by atoms with E-state index in [1.165, 1.54) is 10.4 Å². The van der Waals surface area contributed by atoms with E-state index in [1.54, 1.807) is 17.5 Å². The van der Waals surface area contributed by atoms with Crippen LogP contribution in [0.25, 0.3) is 11.3 Å². The van der Waals surface area contributed by atoms with Crippen LogP contribution in [-0.2, 0) is 13.1 Å². The van der Waals surface area contributed by atoms with Gasteiger partial charge in [0.25, 0.3) is 0 Å². The number of rotatable bonds is 5. The van der Waals surface area contributed by atoms with Crippen molar-refractivity contribution in [2.45, 2.75) is 26.9 Å². The Morgan fingerprint density at radius 1 is 1.10 bits per heavy atom. The second kappa shape index (κ2) is 6.20. The van der Waals surface area contributed by atoms with Crippen LogP contribution in [0.4, 0.5) is 0 Å². The summed E-state index contributed by atoms with van der Waals surface area (Å²) in [6, 6.07) is 10.5. The fourth-order valence-corrected chi connectivity index (χ4v) is 3.18. The first-order valence-electron chi connectivity index (χ1n) is 6.94. The van der Waals surface area contributed by atoms with Crippen molar-refractivity contribution in [1.82, 2.24) is 20.5 Å². The van der Waals surface area contributed by atoms with Gasteiger partial charge in [-0.1, -0.05) is 24.3 Å².